The number of hydrogen-bond donors (Lipinski definition) is 3. The largest absolute Gasteiger partial charge is 0.493 e. The van der Waals surface area contributed by atoms with E-state index in [1.165, 1.54) is 6.82 Å². The molecule has 0 amide bonds. The van der Waals surface area contributed by atoms with Gasteiger partial charge in [0.2, 0.25) is 0 Å². The quantitative estimate of drug-likeness (QED) is 0.618. The summed E-state index contributed by atoms with van der Waals surface area (Å²) in [7, 11) is -1.17. The molecule has 5 heteroatoms. The van der Waals surface area contributed by atoms with Crippen molar-refractivity contribution in [2.75, 3.05) is 6.61 Å². The van der Waals surface area contributed by atoms with E-state index < -0.39 is 7.12 Å². The van der Waals surface area contributed by atoms with E-state index in [1.54, 1.807) is 0 Å². The molecule has 1 aromatic rings. The number of aliphatic hydroxyl groups is 1. The van der Waals surface area contributed by atoms with E-state index in [1.807, 2.05) is 45.0 Å². The molecular weight excluding hydrogens is 231 g/mol. The average Bonchev–Trinajstić information content (AvgIpc) is 2.36. The smallest absolute Gasteiger partial charge is 0.448 e. The molecule has 18 heavy (non-hydrogen) atoms. The summed E-state index contributed by atoms with van der Waals surface area (Å²) in [5, 5.41) is 25.0. The predicted octanol–water partition coefficient (Wildman–Crippen LogP) is 1.86. The Morgan fingerprint density at radius 2 is 1.72 bits per heavy atom. The van der Waals surface area contributed by atoms with Crippen molar-refractivity contribution in [3.05, 3.63) is 29.8 Å². The molecule has 0 unspecified atom stereocenters. The van der Waals surface area contributed by atoms with Crippen molar-refractivity contribution < 1.29 is 19.9 Å². The van der Waals surface area contributed by atoms with Crippen molar-refractivity contribution in [3.63, 3.8) is 0 Å². The van der Waals surface area contributed by atoms with Gasteiger partial charge in [-0.2, -0.15) is 0 Å². The maximum atomic E-state index is 9.75. The van der Waals surface area contributed by atoms with Crippen LogP contribution in [-0.4, -0.2) is 28.9 Å². The van der Waals surface area contributed by atoms with Gasteiger partial charge in [-0.3, -0.25) is 0 Å². The number of benzene rings is 1. The zero-order valence-electron chi connectivity index (χ0n) is 11.5. The summed E-state index contributed by atoms with van der Waals surface area (Å²) in [6.07, 6.45) is -0.366. The lowest BCUT2D eigenvalue weighted by molar-refractivity contribution is 0.0604. The third-order valence-electron chi connectivity index (χ3n) is 2.28. The molecule has 0 bridgehead atoms. The lowest BCUT2D eigenvalue weighted by atomic mass is 9.95. The van der Waals surface area contributed by atoms with E-state index >= 15 is 0 Å². The molecule has 102 valence electrons. The lowest BCUT2D eigenvalue weighted by Crippen LogP contribution is -2.23. The number of hydrogen-bond acceptors (Lipinski definition) is 4. The maximum Gasteiger partial charge on any atom is 0.448 e. The summed E-state index contributed by atoms with van der Waals surface area (Å²) in [6, 6.07) is 7.64. The predicted molar refractivity (Wildman–Crippen MR) is 73.5 cm³/mol. The first kappa shape index (κ1) is 17.0. The average molecular weight is 254 g/mol. The zero-order valence-corrected chi connectivity index (χ0v) is 11.5. The number of ether oxygens (including phenoxy) is 1. The van der Waals surface area contributed by atoms with E-state index in [4.69, 9.17) is 14.8 Å². The first-order valence-corrected chi connectivity index (χ1v) is 6.28. The van der Waals surface area contributed by atoms with Crippen LogP contribution in [-0.2, 0) is 0 Å². The van der Waals surface area contributed by atoms with Gasteiger partial charge in [0.15, 0.2) is 0 Å². The fraction of sp³-hybridized carbons (Fsp3) is 0.538. The van der Waals surface area contributed by atoms with Gasteiger partial charge in [0, 0.05) is 11.5 Å². The summed E-state index contributed by atoms with van der Waals surface area (Å²) in [5.74, 6) is 1.02. The molecule has 1 aliphatic heterocycles. The Morgan fingerprint density at radius 3 is 2.28 bits per heavy atom. The minimum atomic E-state index is -1.17. The van der Waals surface area contributed by atoms with Crippen LogP contribution in [0.25, 0.3) is 0 Å². The summed E-state index contributed by atoms with van der Waals surface area (Å²) < 4.78 is 5.45. The van der Waals surface area contributed by atoms with E-state index in [-0.39, 0.29) is 12.0 Å². The summed E-state index contributed by atoms with van der Waals surface area (Å²) in [4.78, 5) is 0. The Kier molecular flexibility index (Phi) is 8.45. The molecule has 2 atom stereocenters. The molecule has 1 aromatic carbocycles. The second-order valence-electron chi connectivity index (χ2n) is 3.90. The highest BCUT2D eigenvalue weighted by Gasteiger charge is 2.24. The standard InChI is InChI=1S/C10H12O2.C2H6.CH5BO2/c1-7-6-12-9-5-3-2-4-8(9)10(7)11;1-2;1-2(3)4/h2-5,7,10-11H,6H2,1H3;1-2H3;3-4H,1H3/t7-,10+;;/m1../s1. The summed E-state index contributed by atoms with van der Waals surface area (Å²) >= 11 is 0. The van der Waals surface area contributed by atoms with Crippen molar-refractivity contribution in [2.45, 2.75) is 33.7 Å². The summed E-state index contributed by atoms with van der Waals surface area (Å²) in [5.41, 5.74) is 0.913. The molecule has 0 aliphatic carbocycles. The topological polar surface area (TPSA) is 69.9 Å². The molecule has 3 N–H and O–H groups in total. The molecule has 0 spiro atoms. The highest BCUT2D eigenvalue weighted by atomic mass is 16.5. The van der Waals surface area contributed by atoms with E-state index in [0.717, 1.165) is 11.3 Å². The van der Waals surface area contributed by atoms with E-state index in [0.29, 0.717) is 6.61 Å². The fourth-order valence-corrected chi connectivity index (χ4v) is 1.48. The van der Waals surface area contributed by atoms with Crippen LogP contribution in [0.4, 0.5) is 0 Å². The van der Waals surface area contributed by atoms with Crippen molar-refractivity contribution in [1.82, 2.24) is 0 Å². The van der Waals surface area contributed by atoms with Gasteiger partial charge < -0.3 is 19.9 Å². The second-order valence-corrected chi connectivity index (χ2v) is 3.90. The minimum absolute atomic E-state index is 0.194. The molecular formula is C13H23BO4. The normalized spacial score (nSPS) is 20.2. The van der Waals surface area contributed by atoms with Gasteiger partial charge in [-0.15, -0.1) is 0 Å². The van der Waals surface area contributed by atoms with Crippen molar-refractivity contribution in [1.29, 1.82) is 0 Å². The molecule has 1 aliphatic rings. The maximum absolute atomic E-state index is 9.75. The van der Waals surface area contributed by atoms with Crippen molar-refractivity contribution in [2.24, 2.45) is 5.92 Å². The first-order valence-electron chi connectivity index (χ1n) is 6.28. The molecule has 0 fully saturated rings. The van der Waals surface area contributed by atoms with Crippen molar-refractivity contribution >= 4 is 7.12 Å². The highest BCUT2D eigenvalue weighted by Crippen LogP contribution is 2.34. The van der Waals surface area contributed by atoms with Gasteiger partial charge in [0.1, 0.15) is 5.75 Å². The van der Waals surface area contributed by atoms with Crippen LogP contribution in [0.5, 0.6) is 5.75 Å². The third kappa shape index (κ3) is 5.53. The van der Waals surface area contributed by atoms with Gasteiger partial charge in [-0.25, -0.2) is 0 Å². The second kappa shape index (κ2) is 8.97. The van der Waals surface area contributed by atoms with Crippen LogP contribution >= 0.6 is 0 Å². The molecule has 0 radical (unpaired) electrons. The van der Waals surface area contributed by atoms with Crippen LogP contribution in [0, 0.1) is 5.92 Å². The Labute approximate surface area is 109 Å². The minimum Gasteiger partial charge on any atom is -0.493 e. The molecule has 0 saturated carbocycles. The molecule has 0 saturated heterocycles. The number of aliphatic hydroxyl groups excluding tert-OH is 1. The van der Waals surface area contributed by atoms with E-state index in [9.17, 15) is 5.11 Å². The molecule has 2 rings (SSSR count). The van der Waals surface area contributed by atoms with E-state index in [2.05, 4.69) is 0 Å². The Balaban J connectivity index is 0.000000415. The number of para-hydroxylation sites is 1. The SMILES string of the molecule is CB(O)O.CC.C[C@@H]1COc2ccccc2[C@H]1O. The zero-order chi connectivity index (χ0) is 14.1. The lowest BCUT2D eigenvalue weighted by Gasteiger charge is -2.27. The van der Waals surface area contributed by atoms with Crippen LogP contribution in [0.2, 0.25) is 6.82 Å². The van der Waals surface area contributed by atoms with Crippen LogP contribution in [0.15, 0.2) is 24.3 Å². The monoisotopic (exact) mass is 254 g/mol. The molecule has 0 aromatic heterocycles. The highest BCUT2D eigenvalue weighted by molar-refractivity contribution is 6.38. The Morgan fingerprint density at radius 1 is 1.22 bits per heavy atom. The Hall–Kier alpha value is -1.04. The summed E-state index contributed by atoms with van der Waals surface area (Å²) in [6.45, 7) is 7.87. The van der Waals surface area contributed by atoms with Gasteiger partial charge in [-0.05, 0) is 12.9 Å². The molecule has 1 heterocycles. The number of fused-ring (bicyclic) bond motifs is 1. The van der Waals surface area contributed by atoms with Gasteiger partial charge >= 0.3 is 7.12 Å². The Bertz CT molecular complexity index is 328. The van der Waals surface area contributed by atoms with Gasteiger partial charge in [0.25, 0.3) is 0 Å². The van der Waals surface area contributed by atoms with Gasteiger partial charge in [0.05, 0.1) is 12.7 Å². The fourth-order valence-electron chi connectivity index (χ4n) is 1.48. The van der Waals surface area contributed by atoms with Crippen LogP contribution in [0.3, 0.4) is 0 Å². The van der Waals surface area contributed by atoms with Gasteiger partial charge in [-0.1, -0.05) is 39.0 Å². The first-order chi connectivity index (χ1) is 8.52. The van der Waals surface area contributed by atoms with Crippen LogP contribution in [0.1, 0.15) is 32.4 Å². The van der Waals surface area contributed by atoms with Crippen molar-refractivity contribution in [3.8, 4) is 5.75 Å². The molecule has 4 nitrogen and oxygen atoms in total. The van der Waals surface area contributed by atoms with Crippen LogP contribution < -0.4 is 4.74 Å². The third-order valence-corrected chi connectivity index (χ3v) is 2.28. The number of rotatable bonds is 0.